The summed E-state index contributed by atoms with van der Waals surface area (Å²) in [7, 11) is -3.70. The lowest BCUT2D eigenvalue weighted by atomic mass is 9.80. The van der Waals surface area contributed by atoms with Crippen molar-refractivity contribution in [3.05, 3.63) is 18.2 Å². The summed E-state index contributed by atoms with van der Waals surface area (Å²) in [4.78, 5) is 2.28. The van der Waals surface area contributed by atoms with Crippen LogP contribution < -0.4 is 15.8 Å². The summed E-state index contributed by atoms with van der Waals surface area (Å²) in [6, 6.07) is 4.71. The maximum Gasteiger partial charge on any atom is 0.238 e. The Morgan fingerprint density at radius 2 is 1.95 bits per heavy atom. The number of nitrogens with zero attached hydrogens (tertiary/aromatic N) is 1. The minimum absolute atomic E-state index is 0.0605. The Morgan fingerprint density at radius 1 is 1.30 bits per heavy atom. The summed E-state index contributed by atoms with van der Waals surface area (Å²) in [5, 5.41) is 5.11. The van der Waals surface area contributed by atoms with Crippen molar-refractivity contribution in [2.24, 2.45) is 16.5 Å². The van der Waals surface area contributed by atoms with Gasteiger partial charge in [0.15, 0.2) is 0 Å². The highest BCUT2D eigenvalue weighted by molar-refractivity contribution is 7.89. The average Bonchev–Trinajstić information content (AvgIpc) is 2.76. The molecule has 2 rings (SSSR count). The highest BCUT2D eigenvalue weighted by Crippen LogP contribution is 2.37. The molecule has 0 saturated carbocycles. The van der Waals surface area contributed by atoms with Gasteiger partial charge in [-0.1, -0.05) is 20.8 Å². The van der Waals surface area contributed by atoms with E-state index < -0.39 is 10.0 Å². The summed E-state index contributed by atoms with van der Waals surface area (Å²) in [6.07, 6.45) is 1.12. The Balaban J connectivity index is 2.24. The van der Waals surface area contributed by atoms with Crippen molar-refractivity contribution in [3.8, 4) is 0 Å². The van der Waals surface area contributed by atoms with Gasteiger partial charge < -0.3 is 10.6 Å². The molecular formula is C14H23N3O2S. The van der Waals surface area contributed by atoms with Crippen molar-refractivity contribution < 1.29 is 8.42 Å². The maximum absolute atomic E-state index is 11.3. The number of nitrogens with two attached hydrogens (primary N) is 2. The number of benzene rings is 1. The molecular weight excluding hydrogens is 274 g/mol. The fraction of sp³-hybridized carbons (Fsp3) is 0.571. The van der Waals surface area contributed by atoms with Gasteiger partial charge in [-0.3, -0.25) is 0 Å². The molecule has 5 nitrogen and oxygen atoms in total. The van der Waals surface area contributed by atoms with Gasteiger partial charge in [-0.05, 0) is 36.0 Å². The zero-order valence-corrected chi connectivity index (χ0v) is 13.1. The predicted octanol–water partition coefficient (Wildman–Crippen LogP) is 1.79. The second-order valence-corrected chi connectivity index (χ2v) is 8.12. The lowest BCUT2D eigenvalue weighted by Crippen LogP contribution is -2.26. The number of nitrogen functional groups attached to an aromatic ring is 1. The number of hydrogen-bond acceptors (Lipinski definition) is 4. The standard InChI is InChI=1S/C14H23N3O2S/c1-14(2,3)10-6-7-17(9-10)13-5-4-11(8-12(13)15)20(16,18)19/h4-5,8,10H,6-7,9,15H2,1-3H3,(H2,16,18,19). The average molecular weight is 297 g/mol. The molecule has 1 fully saturated rings. The Kier molecular flexibility index (Phi) is 3.73. The van der Waals surface area contributed by atoms with Crippen molar-refractivity contribution in [3.63, 3.8) is 0 Å². The molecule has 1 atom stereocenters. The first-order valence-corrected chi connectivity index (χ1v) is 8.31. The molecule has 1 aliphatic heterocycles. The first-order chi connectivity index (χ1) is 9.09. The highest BCUT2D eigenvalue weighted by Gasteiger charge is 2.32. The summed E-state index contributed by atoms with van der Waals surface area (Å²) in [5.74, 6) is 0.611. The molecule has 1 aromatic rings. The quantitative estimate of drug-likeness (QED) is 0.814. The van der Waals surface area contributed by atoms with Crippen LogP contribution in [0.2, 0.25) is 0 Å². The van der Waals surface area contributed by atoms with Crippen LogP contribution in [0.3, 0.4) is 0 Å². The molecule has 1 saturated heterocycles. The number of primary sulfonamides is 1. The molecule has 0 bridgehead atoms. The van der Waals surface area contributed by atoms with Crippen LogP contribution in [0, 0.1) is 11.3 Å². The van der Waals surface area contributed by atoms with E-state index in [1.165, 1.54) is 12.1 Å². The number of rotatable bonds is 2. The summed E-state index contributed by atoms with van der Waals surface area (Å²) in [5.41, 5.74) is 7.62. The smallest absolute Gasteiger partial charge is 0.238 e. The fourth-order valence-electron chi connectivity index (χ4n) is 2.68. The zero-order chi connectivity index (χ0) is 15.1. The molecule has 20 heavy (non-hydrogen) atoms. The number of anilines is 2. The third-order valence-corrected chi connectivity index (χ3v) is 4.99. The lowest BCUT2D eigenvalue weighted by Gasteiger charge is -2.28. The van der Waals surface area contributed by atoms with Crippen molar-refractivity contribution in [2.45, 2.75) is 32.1 Å². The van der Waals surface area contributed by atoms with Crippen LogP contribution in [0.4, 0.5) is 11.4 Å². The molecule has 1 aromatic carbocycles. The Morgan fingerprint density at radius 3 is 2.40 bits per heavy atom. The van der Waals surface area contributed by atoms with Crippen LogP contribution in [-0.4, -0.2) is 21.5 Å². The molecule has 6 heteroatoms. The summed E-state index contributed by atoms with van der Waals surface area (Å²) < 4.78 is 22.6. The highest BCUT2D eigenvalue weighted by atomic mass is 32.2. The minimum atomic E-state index is -3.70. The maximum atomic E-state index is 11.3. The molecule has 1 heterocycles. The van der Waals surface area contributed by atoms with Crippen LogP contribution >= 0.6 is 0 Å². The molecule has 112 valence electrons. The van der Waals surface area contributed by atoms with Crippen LogP contribution in [-0.2, 0) is 10.0 Å². The largest absolute Gasteiger partial charge is 0.397 e. The molecule has 0 aromatic heterocycles. The van der Waals surface area contributed by atoms with E-state index in [-0.39, 0.29) is 10.3 Å². The topological polar surface area (TPSA) is 89.4 Å². The van der Waals surface area contributed by atoms with Gasteiger partial charge in [-0.15, -0.1) is 0 Å². The first-order valence-electron chi connectivity index (χ1n) is 6.76. The van der Waals surface area contributed by atoms with E-state index in [1.54, 1.807) is 6.07 Å². The molecule has 1 aliphatic rings. The van der Waals surface area contributed by atoms with E-state index >= 15 is 0 Å². The molecule has 0 amide bonds. The van der Waals surface area contributed by atoms with Gasteiger partial charge in [-0.2, -0.15) is 0 Å². The SMILES string of the molecule is CC(C)(C)C1CCN(c2ccc(S(N)(=O)=O)cc2N)C1. The van der Waals surface area contributed by atoms with Crippen molar-refractivity contribution in [1.82, 2.24) is 0 Å². The third-order valence-electron chi connectivity index (χ3n) is 4.08. The van der Waals surface area contributed by atoms with Crippen LogP contribution in [0.25, 0.3) is 0 Å². The predicted molar refractivity (Wildman–Crippen MR) is 82.0 cm³/mol. The van der Waals surface area contributed by atoms with Gasteiger partial charge in [0.1, 0.15) is 0 Å². The number of hydrogen-bond donors (Lipinski definition) is 2. The van der Waals surface area contributed by atoms with E-state index in [1.807, 2.05) is 0 Å². The van der Waals surface area contributed by atoms with Crippen LogP contribution in [0.1, 0.15) is 27.2 Å². The summed E-state index contributed by atoms with van der Waals surface area (Å²) >= 11 is 0. The second kappa shape index (κ2) is 4.93. The Hall–Kier alpha value is -1.27. The molecule has 1 unspecified atom stereocenters. The van der Waals surface area contributed by atoms with Gasteiger partial charge in [-0.25, -0.2) is 13.6 Å². The number of sulfonamides is 1. The normalized spacial score (nSPS) is 20.4. The first kappa shape index (κ1) is 15.1. The van der Waals surface area contributed by atoms with Crippen molar-refractivity contribution >= 4 is 21.4 Å². The van der Waals surface area contributed by atoms with Gasteiger partial charge in [0.2, 0.25) is 10.0 Å². The van der Waals surface area contributed by atoms with Crippen molar-refractivity contribution in [2.75, 3.05) is 23.7 Å². The van der Waals surface area contributed by atoms with E-state index in [9.17, 15) is 8.42 Å². The monoisotopic (exact) mass is 297 g/mol. The summed E-state index contributed by atoms with van der Waals surface area (Å²) in [6.45, 7) is 8.63. The lowest BCUT2D eigenvalue weighted by molar-refractivity contribution is 0.263. The van der Waals surface area contributed by atoms with E-state index in [0.717, 1.165) is 25.2 Å². The fourth-order valence-corrected chi connectivity index (χ4v) is 3.23. The van der Waals surface area contributed by atoms with Crippen LogP contribution in [0.15, 0.2) is 23.1 Å². The van der Waals surface area contributed by atoms with E-state index in [4.69, 9.17) is 10.9 Å². The van der Waals surface area contributed by atoms with Crippen LogP contribution in [0.5, 0.6) is 0 Å². The van der Waals surface area contributed by atoms with Gasteiger partial charge in [0, 0.05) is 13.1 Å². The second-order valence-electron chi connectivity index (χ2n) is 6.56. The molecule has 0 radical (unpaired) electrons. The molecule has 0 aliphatic carbocycles. The van der Waals surface area contributed by atoms with Gasteiger partial charge in [0.25, 0.3) is 0 Å². The van der Waals surface area contributed by atoms with E-state index in [2.05, 4.69) is 25.7 Å². The Labute approximate surface area is 121 Å². The Bertz CT molecular complexity index is 605. The molecule has 4 N–H and O–H groups in total. The third kappa shape index (κ3) is 3.07. The van der Waals surface area contributed by atoms with E-state index in [0.29, 0.717) is 11.6 Å². The van der Waals surface area contributed by atoms with Gasteiger partial charge >= 0.3 is 0 Å². The molecule has 0 spiro atoms. The zero-order valence-electron chi connectivity index (χ0n) is 12.3. The van der Waals surface area contributed by atoms with Crippen molar-refractivity contribution in [1.29, 1.82) is 0 Å². The van der Waals surface area contributed by atoms with Gasteiger partial charge in [0.05, 0.1) is 16.3 Å². The minimum Gasteiger partial charge on any atom is -0.397 e.